The van der Waals surface area contributed by atoms with Crippen LogP contribution in [0.15, 0.2) is 9.70 Å². The van der Waals surface area contributed by atoms with Crippen molar-refractivity contribution in [3.8, 4) is 0 Å². The maximum absolute atomic E-state index is 2.52. The van der Waals surface area contributed by atoms with Gasteiger partial charge in [-0.1, -0.05) is 0 Å². The normalized spacial score (nSPS) is 12.1. The van der Waals surface area contributed by atoms with E-state index in [1.54, 1.807) is 0 Å². The van der Waals surface area contributed by atoms with Crippen molar-refractivity contribution in [2.75, 3.05) is 0 Å². The summed E-state index contributed by atoms with van der Waals surface area (Å²) in [7, 11) is 0. The fourth-order valence-electron chi connectivity index (χ4n) is 1.53. The van der Waals surface area contributed by atoms with Crippen molar-refractivity contribution in [1.82, 2.24) is 0 Å². The van der Waals surface area contributed by atoms with Crippen LogP contribution in [0.25, 0.3) is 0 Å². The Kier molecular flexibility index (Phi) is 13.0. The molecule has 15 heavy (non-hydrogen) atoms. The van der Waals surface area contributed by atoms with E-state index in [1.807, 2.05) is 3.62 Å². The third-order valence-electron chi connectivity index (χ3n) is 2.49. The summed E-state index contributed by atoms with van der Waals surface area (Å²) in [6.07, 6.45) is 13.7. The second-order valence-electron chi connectivity index (χ2n) is 4.09. The van der Waals surface area contributed by atoms with Crippen LogP contribution in [0.2, 0.25) is 4.47 Å². The summed E-state index contributed by atoms with van der Waals surface area (Å²) in [5.41, 5.74) is 0. The van der Waals surface area contributed by atoms with Gasteiger partial charge in [-0.2, -0.15) is 0 Å². The van der Waals surface area contributed by atoms with Crippen LogP contribution in [0.3, 0.4) is 0 Å². The van der Waals surface area contributed by atoms with E-state index in [0.717, 1.165) is 0 Å². The molecule has 1 heteroatoms. The van der Waals surface area contributed by atoms with Crippen LogP contribution in [-0.4, -0.2) is 20.9 Å². The molecule has 0 saturated heterocycles. The molecule has 0 atom stereocenters. The van der Waals surface area contributed by atoms with Gasteiger partial charge in [-0.15, -0.1) is 0 Å². The summed E-state index contributed by atoms with van der Waals surface area (Å²) < 4.78 is 3.38. The van der Waals surface area contributed by atoms with Crippen LogP contribution in [0.5, 0.6) is 0 Å². The fourth-order valence-corrected chi connectivity index (χ4v) is 5.15. The predicted molar refractivity (Wildman–Crippen MR) is 72.6 cm³/mol. The Morgan fingerprint density at radius 3 is 2.27 bits per heavy atom. The molecule has 0 unspecified atom stereocenters. The van der Waals surface area contributed by atoms with Gasteiger partial charge in [0.15, 0.2) is 0 Å². The molecule has 0 fully saturated rings. The molecule has 0 aromatic rings. The molecule has 0 heterocycles. The molecule has 0 saturated carbocycles. The Bertz CT molecular complexity index is 149. The third-order valence-corrected chi connectivity index (χ3v) is 6.02. The summed E-state index contributed by atoms with van der Waals surface area (Å²) in [6.45, 7) is 6.87. The number of rotatable bonds is 10. The molecular formula is C14H28Te. The molecule has 0 nitrogen and oxygen atoms in total. The first-order valence-electron chi connectivity index (χ1n) is 6.66. The van der Waals surface area contributed by atoms with Crippen molar-refractivity contribution in [3.05, 3.63) is 9.70 Å². The average Bonchev–Trinajstić information content (AvgIpc) is 2.24. The summed E-state index contributed by atoms with van der Waals surface area (Å²) in [5, 5.41) is 0. The first kappa shape index (κ1) is 15.5. The van der Waals surface area contributed by atoms with E-state index in [0.29, 0.717) is 0 Å². The quantitative estimate of drug-likeness (QED) is 0.384. The molecule has 0 aliphatic heterocycles. The van der Waals surface area contributed by atoms with E-state index in [1.165, 1.54) is 55.8 Å². The van der Waals surface area contributed by atoms with Crippen molar-refractivity contribution in [3.63, 3.8) is 0 Å². The topological polar surface area (TPSA) is 0 Å². The molecule has 0 aliphatic carbocycles. The molecule has 0 aromatic carbocycles. The summed E-state index contributed by atoms with van der Waals surface area (Å²) >= 11 is 0.209. The SMILES string of the molecule is CC/C=C(\CCCCCC)[Te]CCCC. The van der Waals surface area contributed by atoms with Crippen molar-refractivity contribution in [2.45, 2.75) is 76.6 Å². The zero-order chi connectivity index (χ0) is 11.4. The third kappa shape index (κ3) is 10.8. The van der Waals surface area contributed by atoms with Crippen molar-refractivity contribution in [1.29, 1.82) is 0 Å². The second-order valence-corrected chi connectivity index (χ2v) is 7.58. The van der Waals surface area contributed by atoms with Crippen LogP contribution >= 0.6 is 0 Å². The van der Waals surface area contributed by atoms with Gasteiger partial charge in [-0.05, 0) is 0 Å². The minimum atomic E-state index is 0.209. The Hall–Kier alpha value is 0.530. The molecule has 0 spiro atoms. The van der Waals surface area contributed by atoms with E-state index >= 15 is 0 Å². The Labute approximate surface area is 107 Å². The first-order valence-corrected chi connectivity index (χ1v) is 9.48. The van der Waals surface area contributed by atoms with Gasteiger partial charge in [-0.25, -0.2) is 0 Å². The van der Waals surface area contributed by atoms with E-state index in [-0.39, 0.29) is 20.9 Å². The van der Waals surface area contributed by atoms with Crippen LogP contribution in [0, 0.1) is 0 Å². The molecule has 90 valence electrons. The fraction of sp³-hybridized carbons (Fsp3) is 0.857. The van der Waals surface area contributed by atoms with E-state index in [2.05, 4.69) is 26.8 Å². The monoisotopic (exact) mass is 326 g/mol. The maximum atomic E-state index is 2.52. The van der Waals surface area contributed by atoms with Crippen LogP contribution in [0.1, 0.15) is 72.1 Å². The zero-order valence-electron chi connectivity index (χ0n) is 10.8. The van der Waals surface area contributed by atoms with Gasteiger partial charge < -0.3 is 0 Å². The summed E-state index contributed by atoms with van der Waals surface area (Å²) in [6, 6.07) is 0. The summed E-state index contributed by atoms with van der Waals surface area (Å²) in [4.78, 5) is 0. The predicted octanol–water partition coefficient (Wildman–Crippen LogP) is 5.17. The molecule has 0 bridgehead atoms. The number of hydrogen-bond donors (Lipinski definition) is 0. The first-order chi connectivity index (χ1) is 7.35. The van der Waals surface area contributed by atoms with Crippen molar-refractivity contribution >= 4 is 20.9 Å². The molecular weight excluding hydrogens is 296 g/mol. The van der Waals surface area contributed by atoms with Gasteiger partial charge in [0.2, 0.25) is 0 Å². The number of unbranched alkanes of at least 4 members (excludes halogenated alkanes) is 4. The molecule has 0 N–H and O–H groups in total. The van der Waals surface area contributed by atoms with Gasteiger partial charge in [0.05, 0.1) is 0 Å². The van der Waals surface area contributed by atoms with Gasteiger partial charge in [-0.3, -0.25) is 0 Å². The van der Waals surface area contributed by atoms with Crippen LogP contribution in [-0.2, 0) is 0 Å². The zero-order valence-corrected chi connectivity index (χ0v) is 13.2. The minimum absolute atomic E-state index is 0.209. The molecule has 0 radical (unpaired) electrons. The Morgan fingerprint density at radius 1 is 0.933 bits per heavy atom. The van der Waals surface area contributed by atoms with E-state index < -0.39 is 0 Å². The second kappa shape index (κ2) is 12.6. The molecule has 0 aliphatic rings. The van der Waals surface area contributed by atoms with Crippen molar-refractivity contribution < 1.29 is 0 Å². The van der Waals surface area contributed by atoms with E-state index in [9.17, 15) is 0 Å². The average molecular weight is 324 g/mol. The number of hydrogen-bond acceptors (Lipinski definition) is 0. The molecule has 0 amide bonds. The van der Waals surface area contributed by atoms with Crippen molar-refractivity contribution in [2.24, 2.45) is 0 Å². The van der Waals surface area contributed by atoms with Crippen LogP contribution < -0.4 is 0 Å². The van der Waals surface area contributed by atoms with Crippen LogP contribution in [0.4, 0.5) is 0 Å². The Balaban J connectivity index is 3.59. The van der Waals surface area contributed by atoms with Gasteiger partial charge >= 0.3 is 107 Å². The van der Waals surface area contributed by atoms with E-state index in [4.69, 9.17) is 0 Å². The number of allylic oxidation sites excluding steroid dienone is 2. The van der Waals surface area contributed by atoms with Gasteiger partial charge in [0.1, 0.15) is 0 Å². The summed E-state index contributed by atoms with van der Waals surface area (Å²) in [5.74, 6) is 0. The molecule has 0 rings (SSSR count). The van der Waals surface area contributed by atoms with Gasteiger partial charge in [0.25, 0.3) is 0 Å². The Morgan fingerprint density at radius 2 is 1.67 bits per heavy atom. The standard InChI is InChI=1S/C14H28Te/c1-4-7-9-10-12-14(11-6-3)15-13-8-5-2/h11H,4-10,12-13H2,1-3H3/b14-11+. The molecule has 0 aromatic heterocycles. The van der Waals surface area contributed by atoms with Gasteiger partial charge in [0, 0.05) is 0 Å².